The molecule has 1 N–H and O–H groups in total. The second-order valence-corrected chi connectivity index (χ2v) is 8.31. The molecule has 2 atom stereocenters. The number of ether oxygens (including phenoxy) is 1. The highest BCUT2D eigenvalue weighted by molar-refractivity contribution is 9.10. The Labute approximate surface area is 164 Å². The van der Waals surface area contributed by atoms with Crippen molar-refractivity contribution in [3.63, 3.8) is 0 Å². The minimum absolute atomic E-state index is 0.362. The molecule has 2 aliphatic heterocycles. The molecular weight excluding hydrogens is 390 g/mol. The summed E-state index contributed by atoms with van der Waals surface area (Å²) in [5.41, 5.74) is 2.44. The van der Waals surface area contributed by atoms with Crippen molar-refractivity contribution in [1.82, 2.24) is 15.2 Å². The third-order valence-corrected chi connectivity index (χ3v) is 6.17. The fraction of sp³-hybridized carbons (Fsp3) is 0.476. The molecule has 4 nitrogen and oxygen atoms in total. The molecule has 138 valence electrons. The Balaban J connectivity index is 1.30. The molecule has 26 heavy (non-hydrogen) atoms. The standard InChI is InChI=1S/C21H26BrN3O/c1-25-17-6-7-18(25)11-20(10-17)26-19-4-2-3-15(9-19)12-23-13-16-5-8-21(22)24-14-16/h2-5,8-9,14,17-18,20,23H,6-7,10-13H2,1H3. The summed E-state index contributed by atoms with van der Waals surface area (Å²) in [7, 11) is 2.27. The van der Waals surface area contributed by atoms with E-state index in [4.69, 9.17) is 4.74 Å². The van der Waals surface area contributed by atoms with Gasteiger partial charge in [0.1, 0.15) is 16.5 Å². The smallest absolute Gasteiger partial charge is 0.120 e. The van der Waals surface area contributed by atoms with Gasteiger partial charge in [0.15, 0.2) is 0 Å². The third kappa shape index (κ3) is 4.27. The van der Waals surface area contributed by atoms with Crippen LogP contribution in [0.3, 0.4) is 0 Å². The quantitative estimate of drug-likeness (QED) is 0.719. The predicted molar refractivity (Wildman–Crippen MR) is 107 cm³/mol. The number of nitrogens with zero attached hydrogens (tertiary/aromatic N) is 2. The lowest BCUT2D eigenvalue weighted by atomic mass is 10.0. The van der Waals surface area contributed by atoms with Gasteiger partial charge in [-0.15, -0.1) is 0 Å². The van der Waals surface area contributed by atoms with Crippen LogP contribution in [0.25, 0.3) is 0 Å². The normalized spacial score (nSPS) is 25.4. The molecular formula is C21H26BrN3O. The van der Waals surface area contributed by atoms with Crippen LogP contribution in [0.5, 0.6) is 5.75 Å². The van der Waals surface area contributed by atoms with E-state index in [2.05, 4.69) is 68.5 Å². The molecule has 2 aliphatic rings. The maximum Gasteiger partial charge on any atom is 0.120 e. The topological polar surface area (TPSA) is 37.4 Å². The van der Waals surface area contributed by atoms with Gasteiger partial charge in [-0.2, -0.15) is 0 Å². The second kappa shape index (κ2) is 8.07. The van der Waals surface area contributed by atoms with E-state index < -0.39 is 0 Å². The first-order valence-corrected chi connectivity index (χ1v) is 10.3. The Morgan fingerprint density at radius 1 is 1.12 bits per heavy atom. The summed E-state index contributed by atoms with van der Waals surface area (Å²) >= 11 is 3.37. The molecule has 3 heterocycles. The molecule has 1 aromatic heterocycles. The van der Waals surface area contributed by atoms with Gasteiger partial charge in [-0.1, -0.05) is 18.2 Å². The molecule has 0 saturated carbocycles. The van der Waals surface area contributed by atoms with Crippen molar-refractivity contribution in [1.29, 1.82) is 0 Å². The molecule has 0 radical (unpaired) electrons. The number of hydrogen-bond acceptors (Lipinski definition) is 4. The average molecular weight is 416 g/mol. The van der Waals surface area contributed by atoms with Crippen LogP contribution in [0.4, 0.5) is 0 Å². The zero-order chi connectivity index (χ0) is 17.9. The van der Waals surface area contributed by atoms with E-state index in [0.29, 0.717) is 18.2 Å². The lowest BCUT2D eigenvalue weighted by Gasteiger charge is -2.36. The number of pyridine rings is 1. The fourth-order valence-electron chi connectivity index (χ4n) is 4.24. The van der Waals surface area contributed by atoms with Crippen molar-refractivity contribution in [3.05, 3.63) is 58.3 Å². The van der Waals surface area contributed by atoms with Gasteiger partial charge in [-0.3, -0.25) is 0 Å². The molecule has 2 unspecified atom stereocenters. The van der Waals surface area contributed by atoms with E-state index in [1.54, 1.807) is 0 Å². The third-order valence-electron chi connectivity index (χ3n) is 5.70. The van der Waals surface area contributed by atoms with E-state index in [1.807, 2.05) is 12.3 Å². The SMILES string of the molecule is CN1C2CCC1CC(Oc1cccc(CNCc3ccc(Br)nc3)c1)C2. The number of rotatable bonds is 6. The largest absolute Gasteiger partial charge is 0.490 e. The summed E-state index contributed by atoms with van der Waals surface area (Å²) in [4.78, 5) is 6.81. The van der Waals surface area contributed by atoms with Crippen LogP contribution in [-0.2, 0) is 13.1 Å². The average Bonchev–Trinajstić information content (AvgIpc) is 2.85. The number of halogens is 1. The van der Waals surface area contributed by atoms with Gasteiger partial charge in [0, 0.05) is 31.4 Å². The second-order valence-electron chi connectivity index (χ2n) is 7.50. The minimum Gasteiger partial charge on any atom is -0.490 e. The first-order valence-electron chi connectivity index (χ1n) is 9.46. The van der Waals surface area contributed by atoms with Crippen molar-refractivity contribution >= 4 is 15.9 Å². The van der Waals surface area contributed by atoms with Crippen molar-refractivity contribution in [2.24, 2.45) is 0 Å². The number of piperidine rings is 1. The van der Waals surface area contributed by atoms with Crippen LogP contribution in [0.1, 0.15) is 36.8 Å². The summed E-state index contributed by atoms with van der Waals surface area (Å²) in [6.07, 6.45) is 7.23. The molecule has 2 bridgehead atoms. The summed E-state index contributed by atoms with van der Waals surface area (Å²) in [5.74, 6) is 1.00. The molecule has 2 aromatic rings. The number of benzene rings is 1. The number of nitrogens with one attached hydrogen (secondary N) is 1. The molecule has 0 amide bonds. The summed E-state index contributed by atoms with van der Waals surface area (Å²) in [6.45, 7) is 1.63. The lowest BCUT2D eigenvalue weighted by Crippen LogP contribution is -2.43. The highest BCUT2D eigenvalue weighted by atomic mass is 79.9. The first kappa shape index (κ1) is 18.0. The Bertz CT molecular complexity index is 722. The highest BCUT2D eigenvalue weighted by Gasteiger charge is 2.39. The molecule has 4 rings (SSSR count). The van der Waals surface area contributed by atoms with E-state index in [-0.39, 0.29) is 0 Å². The van der Waals surface area contributed by atoms with Gasteiger partial charge < -0.3 is 15.0 Å². The molecule has 5 heteroatoms. The van der Waals surface area contributed by atoms with Crippen molar-refractivity contribution in [3.8, 4) is 5.75 Å². The Hall–Kier alpha value is -1.43. The molecule has 0 spiro atoms. The Morgan fingerprint density at radius 3 is 2.62 bits per heavy atom. The van der Waals surface area contributed by atoms with Crippen LogP contribution in [0.15, 0.2) is 47.2 Å². The lowest BCUT2D eigenvalue weighted by molar-refractivity contribution is 0.0661. The fourth-order valence-corrected chi connectivity index (χ4v) is 4.48. The van der Waals surface area contributed by atoms with E-state index >= 15 is 0 Å². The van der Waals surface area contributed by atoms with Crippen molar-refractivity contribution < 1.29 is 4.74 Å². The van der Waals surface area contributed by atoms with E-state index in [9.17, 15) is 0 Å². The van der Waals surface area contributed by atoms with Crippen molar-refractivity contribution in [2.45, 2.75) is 57.0 Å². The predicted octanol–water partition coefficient (Wildman–Crippen LogP) is 4.14. The molecule has 2 saturated heterocycles. The van der Waals surface area contributed by atoms with Crippen LogP contribution >= 0.6 is 15.9 Å². The summed E-state index contributed by atoms with van der Waals surface area (Å²) in [6, 6.07) is 14.0. The Morgan fingerprint density at radius 2 is 1.88 bits per heavy atom. The van der Waals surface area contributed by atoms with Gasteiger partial charge in [-0.05, 0) is 78.0 Å². The van der Waals surface area contributed by atoms with Crippen LogP contribution < -0.4 is 10.1 Å². The van der Waals surface area contributed by atoms with Crippen LogP contribution in [0.2, 0.25) is 0 Å². The maximum atomic E-state index is 6.33. The van der Waals surface area contributed by atoms with Gasteiger partial charge in [0.25, 0.3) is 0 Å². The summed E-state index contributed by atoms with van der Waals surface area (Å²) < 4.78 is 7.20. The van der Waals surface area contributed by atoms with Gasteiger partial charge in [0.2, 0.25) is 0 Å². The first-order chi connectivity index (χ1) is 12.7. The van der Waals surface area contributed by atoms with E-state index in [1.165, 1.54) is 24.0 Å². The minimum atomic E-state index is 0.362. The molecule has 2 fully saturated rings. The Kier molecular flexibility index (Phi) is 5.57. The number of fused-ring (bicyclic) bond motifs is 2. The molecule has 1 aromatic carbocycles. The van der Waals surface area contributed by atoms with Gasteiger partial charge in [-0.25, -0.2) is 4.98 Å². The van der Waals surface area contributed by atoms with Gasteiger partial charge >= 0.3 is 0 Å². The monoisotopic (exact) mass is 415 g/mol. The number of aromatic nitrogens is 1. The maximum absolute atomic E-state index is 6.33. The van der Waals surface area contributed by atoms with Crippen molar-refractivity contribution in [2.75, 3.05) is 7.05 Å². The molecule has 0 aliphatic carbocycles. The highest BCUT2D eigenvalue weighted by Crippen LogP contribution is 2.36. The zero-order valence-corrected chi connectivity index (χ0v) is 16.8. The van der Waals surface area contributed by atoms with Crippen LogP contribution in [-0.4, -0.2) is 35.1 Å². The summed E-state index contributed by atoms with van der Waals surface area (Å²) in [5, 5.41) is 3.48. The number of hydrogen-bond donors (Lipinski definition) is 1. The van der Waals surface area contributed by atoms with Gasteiger partial charge in [0.05, 0.1) is 0 Å². The van der Waals surface area contributed by atoms with E-state index in [0.717, 1.165) is 36.3 Å². The van der Waals surface area contributed by atoms with Crippen LogP contribution in [0, 0.1) is 0 Å². The zero-order valence-electron chi connectivity index (χ0n) is 15.2.